The Morgan fingerprint density at radius 3 is 2.32 bits per heavy atom. The topological polar surface area (TPSA) is 46.3 Å². The van der Waals surface area contributed by atoms with Crippen molar-refractivity contribution in [2.45, 2.75) is 36.0 Å². The van der Waals surface area contributed by atoms with Crippen LogP contribution in [0, 0.1) is 17.6 Å². The molecule has 0 radical (unpaired) electrons. The number of likely N-dealkylation sites (tertiary alicyclic amines) is 1. The quantitative estimate of drug-likeness (QED) is 0.698. The minimum absolute atomic E-state index is 0. The largest absolute Gasteiger partial charge is 0.341 e. The molecule has 2 unspecified atom stereocenters. The molecule has 0 aliphatic carbocycles. The summed E-state index contributed by atoms with van der Waals surface area (Å²) in [5, 5.41) is -0.497. The van der Waals surface area contributed by atoms with Gasteiger partial charge in [-0.1, -0.05) is 30.3 Å². The summed E-state index contributed by atoms with van der Waals surface area (Å²) in [4.78, 5) is 15.6. The van der Waals surface area contributed by atoms with Gasteiger partial charge >= 0.3 is 0 Å². The Morgan fingerprint density at radius 1 is 1.11 bits per heavy atom. The van der Waals surface area contributed by atoms with E-state index < -0.39 is 16.9 Å². The molecule has 1 aliphatic heterocycles. The molecular formula is C21H25ClF2N2OS. The zero-order valence-corrected chi connectivity index (χ0v) is 17.3. The van der Waals surface area contributed by atoms with Crippen molar-refractivity contribution in [3.05, 3.63) is 65.7 Å². The molecule has 0 bridgehead atoms. The molecule has 1 fully saturated rings. The van der Waals surface area contributed by atoms with Crippen LogP contribution in [0.5, 0.6) is 0 Å². The lowest BCUT2D eigenvalue weighted by Gasteiger charge is -2.35. The molecule has 1 saturated heterocycles. The Hall–Kier alpha value is -1.63. The van der Waals surface area contributed by atoms with E-state index in [-0.39, 0.29) is 24.4 Å². The van der Waals surface area contributed by atoms with Crippen LogP contribution < -0.4 is 5.73 Å². The lowest BCUT2D eigenvalue weighted by molar-refractivity contribution is -0.132. The standard InChI is InChI=1S/C21H24F2N2OS.ClH/c1-14(24)15-9-11-25(12-10-15)21(26)20(16-5-3-2-4-6-16)27-17-7-8-18(22)19(23)13-17;/h2-8,13-15,20H,9-12,24H2,1H3;1H. The highest BCUT2D eigenvalue weighted by Gasteiger charge is 2.31. The molecular weight excluding hydrogens is 402 g/mol. The van der Waals surface area contributed by atoms with E-state index in [0.29, 0.717) is 23.9 Å². The molecule has 3 rings (SSSR count). The number of piperidine rings is 1. The fourth-order valence-electron chi connectivity index (χ4n) is 3.39. The highest BCUT2D eigenvalue weighted by molar-refractivity contribution is 8.00. The van der Waals surface area contributed by atoms with Gasteiger partial charge in [0.1, 0.15) is 5.25 Å². The molecule has 1 heterocycles. The summed E-state index contributed by atoms with van der Waals surface area (Å²) in [5.41, 5.74) is 6.85. The van der Waals surface area contributed by atoms with Gasteiger partial charge in [0, 0.05) is 24.0 Å². The lowest BCUT2D eigenvalue weighted by atomic mass is 9.90. The maximum Gasteiger partial charge on any atom is 0.240 e. The van der Waals surface area contributed by atoms with Crippen molar-refractivity contribution in [2.75, 3.05) is 13.1 Å². The molecule has 152 valence electrons. The third-order valence-corrected chi connectivity index (χ3v) is 6.30. The van der Waals surface area contributed by atoms with E-state index in [1.165, 1.54) is 17.8 Å². The van der Waals surface area contributed by atoms with Crippen LogP contribution in [0.15, 0.2) is 53.4 Å². The maximum absolute atomic E-state index is 13.6. The lowest BCUT2D eigenvalue weighted by Crippen LogP contribution is -2.43. The molecule has 0 aromatic heterocycles. The molecule has 2 N–H and O–H groups in total. The zero-order valence-electron chi connectivity index (χ0n) is 15.7. The summed E-state index contributed by atoms with van der Waals surface area (Å²) in [6.45, 7) is 3.35. The molecule has 1 amide bonds. The van der Waals surface area contributed by atoms with Crippen molar-refractivity contribution in [1.82, 2.24) is 4.90 Å². The van der Waals surface area contributed by atoms with Crippen molar-refractivity contribution in [3.63, 3.8) is 0 Å². The minimum Gasteiger partial charge on any atom is -0.341 e. The second kappa shape index (κ2) is 10.2. The van der Waals surface area contributed by atoms with Crippen LogP contribution in [-0.2, 0) is 4.79 Å². The number of nitrogens with zero attached hydrogens (tertiary/aromatic N) is 1. The van der Waals surface area contributed by atoms with E-state index in [9.17, 15) is 13.6 Å². The summed E-state index contributed by atoms with van der Waals surface area (Å²) in [6.07, 6.45) is 1.78. The van der Waals surface area contributed by atoms with Gasteiger partial charge in [-0.2, -0.15) is 0 Å². The zero-order chi connectivity index (χ0) is 19.4. The average molecular weight is 427 g/mol. The SMILES string of the molecule is CC(N)C1CCN(C(=O)C(Sc2ccc(F)c(F)c2)c2ccccc2)CC1.Cl. The molecule has 2 aromatic carbocycles. The molecule has 0 saturated carbocycles. The predicted octanol–water partition coefficient (Wildman–Crippen LogP) is 4.81. The molecule has 28 heavy (non-hydrogen) atoms. The van der Waals surface area contributed by atoms with Crippen LogP contribution in [0.1, 0.15) is 30.6 Å². The van der Waals surface area contributed by atoms with Gasteiger partial charge in [-0.05, 0) is 49.4 Å². The first-order valence-corrected chi connectivity index (χ1v) is 10.0. The third-order valence-electron chi connectivity index (χ3n) is 5.07. The van der Waals surface area contributed by atoms with Crippen LogP contribution >= 0.6 is 24.2 Å². The molecule has 2 aromatic rings. The third kappa shape index (κ3) is 5.46. The summed E-state index contributed by atoms with van der Waals surface area (Å²) in [5.74, 6) is -1.36. The van der Waals surface area contributed by atoms with Crippen LogP contribution in [0.3, 0.4) is 0 Å². The smallest absolute Gasteiger partial charge is 0.240 e. The van der Waals surface area contributed by atoms with E-state index >= 15 is 0 Å². The first kappa shape index (κ1) is 22.7. The van der Waals surface area contributed by atoms with Crippen LogP contribution in [0.4, 0.5) is 8.78 Å². The first-order valence-electron chi connectivity index (χ1n) is 9.16. The van der Waals surface area contributed by atoms with E-state index in [4.69, 9.17) is 5.73 Å². The van der Waals surface area contributed by atoms with E-state index in [1.54, 1.807) is 0 Å². The number of amides is 1. The predicted molar refractivity (Wildman–Crippen MR) is 112 cm³/mol. The van der Waals surface area contributed by atoms with Gasteiger partial charge in [0.05, 0.1) is 0 Å². The Bertz CT molecular complexity index is 783. The summed E-state index contributed by atoms with van der Waals surface area (Å²) in [6, 6.07) is 13.3. The van der Waals surface area contributed by atoms with Gasteiger partial charge in [-0.3, -0.25) is 4.79 Å². The van der Waals surface area contributed by atoms with Gasteiger partial charge in [0.25, 0.3) is 0 Å². The number of carbonyl (C=O) groups is 1. The highest BCUT2D eigenvalue weighted by Crippen LogP contribution is 2.38. The van der Waals surface area contributed by atoms with Crippen LogP contribution in [-0.4, -0.2) is 29.9 Å². The highest BCUT2D eigenvalue weighted by atomic mass is 35.5. The second-order valence-corrected chi connectivity index (χ2v) is 8.18. The van der Waals surface area contributed by atoms with Gasteiger partial charge < -0.3 is 10.6 Å². The van der Waals surface area contributed by atoms with Crippen molar-refractivity contribution >= 4 is 30.1 Å². The number of hydrogen-bond donors (Lipinski definition) is 1. The Balaban J connectivity index is 0.00000280. The maximum atomic E-state index is 13.6. The molecule has 3 nitrogen and oxygen atoms in total. The summed E-state index contributed by atoms with van der Waals surface area (Å²) >= 11 is 1.25. The van der Waals surface area contributed by atoms with Crippen molar-refractivity contribution in [3.8, 4) is 0 Å². The average Bonchev–Trinajstić information content (AvgIpc) is 2.69. The van der Waals surface area contributed by atoms with Gasteiger partial charge in [-0.25, -0.2) is 8.78 Å². The molecule has 7 heteroatoms. The molecule has 2 atom stereocenters. The molecule has 1 aliphatic rings. The van der Waals surface area contributed by atoms with Crippen molar-refractivity contribution in [2.24, 2.45) is 11.7 Å². The Kier molecular flexibility index (Phi) is 8.28. The van der Waals surface area contributed by atoms with Gasteiger partial charge in [0.2, 0.25) is 5.91 Å². The van der Waals surface area contributed by atoms with E-state index in [0.717, 1.165) is 30.5 Å². The number of rotatable bonds is 5. The van der Waals surface area contributed by atoms with Crippen molar-refractivity contribution < 1.29 is 13.6 Å². The Labute approximate surface area is 175 Å². The summed E-state index contributed by atoms with van der Waals surface area (Å²) in [7, 11) is 0. The normalized spacial score (nSPS) is 16.9. The van der Waals surface area contributed by atoms with E-state index in [2.05, 4.69) is 0 Å². The first-order chi connectivity index (χ1) is 13.0. The number of halogens is 3. The summed E-state index contributed by atoms with van der Waals surface area (Å²) < 4.78 is 26.9. The number of carbonyl (C=O) groups excluding carboxylic acids is 1. The van der Waals surface area contributed by atoms with Crippen LogP contribution in [0.2, 0.25) is 0 Å². The monoisotopic (exact) mass is 426 g/mol. The molecule has 0 spiro atoms. The number of benzene rings is 2. The Morgan fingerprint density at radius 2 is 1.75 bits per heavy atom. The minimum atomic E-state index is -0.906. The second-order valence-electron chi connectivity index (χ2n) is 7.01. The van der Waals surface area contributed by atoms with Crippen LogP contribution in [0.25, 0.3) is 0 Å². The van der Waals surface area contributed by atoms with E-state index in [1.807, 2.05) is 42.2 Å². The van der Waals surface area contributed by atoms with Gasteiger partial charge in [0.15, 0.2) is 11.6 Å². The van der Waals surface area contributed by atoms with Crippen molar-refractivity contribution in [1.29, 1.82) is 0 Å². The number of thioether (sulfide) groups is 1. The fourth-order valence-corrected chi connectivity index (χ4v) is 4.52. The fraction of sp³-hybridized carbons (Fsp3) is 0.381. The number of nitrogens with two attached hydrogens (primary N) is 1. The van der Waals surface area contributed by atoms with Gasteiger partial charge in [-0.15, -0.1) is 24.2 Å². The number of hydrogen-bond acceptors (Lipinski definition) is 3.